The molecule has 0 unspecified atom stereocenters. The van der Waals surface area contributed by atoms with Crippen LogP contribution in [-0.2, 0) is 11.2 Å². The molecule has 0 saturated heterocycles. The Bertz CT molecular complexity index is 629. The number of hydrogen-bond acceptors (Lipinski definition) is 4. The third kappa shape index (κ3) is 5.27. The Morgan fingerprint density at radius 1 is 1.20 bits per heavy atom. The van der Waals surface area contributed by atoms with E-state index in [0.717, 1.165) is 30.0 Å². The summed E-state index contributed by atoms with van der Waals surface area (Å²) in [5.74, 6) is 2.29. The lowest BCUT2D eigenvalue weighted by molar-refractivity contribution is -0.128. The highest BCUT2D eigenvalue weighted by atomic mass is 16.7. The van der Waals surface area contributed by atoms with Crippen LogP contribution >= 0.6 is 0 Å². The Labute approximate surface area is 149 Å². The Hall–Kier alpha value is -2.44. The molecule has 1 aliphatic heterocycles. The van der Waals surface area contributed by atoms with E-state index in [1.165, 1.54) is 0 Å². The predicted octanol–water partition coefficient (Wildman–Crippen LogP) is 1.29. The molecule has 1 aliphatic rings. The molecular formula is C18H28N4O3. The highest BCUT2D eigenvalue weighted by Crippen LogP contribution is 2.32. The number of ether oxygens (including phenoxy) is 2. The zero-order chi connectivity index (χ0) is 18.3. The average Bonchev–Trinajstić information content (AvgIpc) is 3.05. The summed E-state index contributed by atoms with van der Waals surface area (Å²) in [4.78, 5) is 16.2. The van der Waals surface area contributed by atoms with Gasteiger partial charge in [-0.25, -0.2) is 0 Å². The van der Waals surface area contributed by atoms with Gasteiger partial charge in [0.1, 0.15) is 0 Å². The normalized spacial score (nSPS) is 13.5. The fourth-order valence-corrected chi connectivity index (χ4v) is 2.43. The number of fused-ring (bicyclic) bond motifs is 1. The highest BCUT2D eigenvalue weighted by Gasteiger charge is 2.27. The molecule has 1 aromatic carbocycles. The number of aliphatic imine (C=N–C) groups is 1. The van der Waals surface area contributed by atoms with Crippen LogP contribution in [0, 0.1) is 5.41 Å². The molecule has 25 heavy (non-hydrogen) atoms. The SMILES string of the molecule is CCNC(=O)C(C)(C)CNC(=NC)NCCc1ccc2c(c1)OCO2. The van der Waals surface area contributed by atoms with Crippen molar-refractivity contribution in [1.82, 2.24) is 16.0 Å². The van der Waals surface area contributed by atoms with E-state index in [1.54, 1.807) is 7.05 Å². The van der Waals surface area contributed by atoms with Crippen LogP contribution in [0.2, 0.25) is 0 Å². The van der Waals surface area contributed by atoms with Crippen LogP contribution in [0.5, 0.6) is 11.5 Å². The number of rotatable bonds is 7. The molecule has 7 heteroatoms. The van der Waals surface area contributed by atoms with E-state index in [4.69, 9.17) is 9.47 Å². The summed E-state index contributed by atoms with van der Waals surface area (Å²) in [5.41, 5.74) is 0.653. The summed E-state index contributed by atoms with van der Waals surface area (Å²) in [6.45, 7) is 7.87. The average molecular weight is 348 g/mol. The molecule has 7 nitrogen and oxygen atoms in total. The lowest BCUT2D eigenvalue weighted by atomic mass is 9.92. The molecular weight excluding hydrogens is 320 g/mol. The minimum Gasteiger partial charge on any atom is -0.454 e. The first-order valence-corrected chi connectivity index (χ1v) is 8.57. The van der Waals surface area contributed by atoms with Crippen molar-refractivity contribution in [3.8, 4) is 11.5 Å². The number of nitrogens with one attached hydrogen (secondary N) is 3. The van der Waals surface area contributed by atoms with Gasteiger partial charge in [0.05, 0.1) is 5.41 Å². The Morgan fingerprint density at radius 3 is 2.68 bits per heavy atom. The fraction of sp³-hybridized carbons (Fsp3) is 0.556. The van der Waals surface area contributed by atoms with Gasteiger partial charge in [-0.2, -0.15) is 0 Å². The summed E-state index contributed by atoms with van der Waals surface area (Å²) < 4.78 is 10.7. The minimum atomic E-state index is -0.509. The smallest absolute Gasteiger partial charge is 0.231 e. The topological polar surface area (TPSA) is 84.0 Å². The second-order valence-electron chi connectivity index (χ2n) is 6.53. The molecule has 0 fully saturated rings. The monoisotopic (exact) mass is 348 g/mol. The molecule has 0 spiro atoms. The van der Waals surface area contributed by atoms with E-state index in [-0.39, 0.29) is 12.7 Å². The first-order chi connectivity index (χ1) is 12.0. The van der Waals surface area contributed by atoms with E-state index in [9.17, 15) is 4.79 Å². The van der Waals surface area contributed by atoms with Crippen molar-refractivity contribution in [2.45, 2.75) is 27.2 Å². The van der Waals surface area contributed by atoms with Gasteiger partial charge < -0.3 is 25.4 Å². The second-order valence-corrected chi connectivity index (χ2v) is 6.53. The maximum Gasteiger partial charge on any atom is 0.231 e. The van der Waals surface area contributed by atoms with Crippen molar-refractivity contribution in [3.63, 3.8) is 0 Å². The van der Waals surface area contributed by atoms with Crippen molar-refractivity contribution >= 4 is 11.9 Å². The van der Waals surface area contributed by atoms with Crippen molar-refractivity contribution in [2.75, 3.05) is 33.5 Å². The third-order valence-electron chi connectivity index (χ3n) is 4.02. The fourth-order valence-electron chi connectivity index (χ4n) is 2.43. The van der Waals surface area contributed by atoms with Gasteiger partial charge in [-0.05, 0) is 44.9 Å². The molecule has 0 saturated carbocycles. The maximum atomic E-state index is 12.0. The van der Waals surface area contributed by atoms with Gasteiger partial charge in [-0.15, -0.1) is 0 Å². The van der Waals surface area contributed by atoms with Gasteiger partial charge in [0.15, 0.2) is 17.5 Å². The summed E-state index contributed by atoms with van der Waals surface area (Å²) >= 11 is 0. The zero-order valence-corrected chi connectivity index (χ0v) is 15.4. The van der Waals surface area contributed by atoms with Crippen LogP contribution in [0.4, 0.5) is 0 Å². The van der Waals surface area contributed by atoms with E-state index < -0.39 is 5.41 Å². The van der Waals surface area contributed by atoms with Crippen molar-refractivity contribution in [1.29, 1.82) is 0 Å². The van der Waals surface area contributed by atoms with E-state index in [1.807, 2.05) is 39.0 Å². The quantitative estimate of drug-likeness (QED) is 0.511. The molecule has 0 aromatic heterocycles. The molecule has 1 heterocycles. The number of nitrogens with zero attached hydrogens (tertiary/aromatic N) is 1. The molecule has 0 atom stereocenters. The number of amides is 1. The van der Waals surface area contributed by atoms with Crippen LogP contribution in [-0.4, -0.2) is 45.3 Å². The van der Waals surface area contributed by atoms with Gasteiger partial charge in [-0.1, -0.05) is 6.07 Å². The molecule has 1 aromatic rings. The van der Waals surface area contributed by atoms with E-state index in [2.05, 4.69) is 20.9 Å². The molecule has 2 rings (SSSR count). The number of carbonyl (C=O) groups is 1. The first kappa shape index (κ1) is 18.9. The number of guanidine groups is 1. The van der Waals surface area contributed by atoms with Crippen LogP contribution in [0.3, 0.4) is 0 Å². The molecule has 3 N–H and O–H groups in total. The highest BCUT2D eigenvalue weighted by molar-refractivity contribution is 5.84. The predicted molar refractivity (Wildman–Crippen MR) is 98.1 cm³/mol. The van der Waals surface area contributed by atoms with Crippen LogP contribution < -0.4 is 25.4 Å². The number of carbonyl (C=O) groups excluding carboxylic acids is 1. The summed E-state index contributed by atoms with van der Waals surface area (Å²) in [5, 5.41) is 9.33. The van der Waals surface area contributed by atoms with Gasteiger partial charge in [0, 0.05) is 26.7 Å². The lowest BCUT2D eigenvalue weighted by Gasteiger charge is -2.24. The van der Waals surface area contributed by atoms with Crippen molar-refractivity contribution in [3.05, 3.63) is 23.8 Å². The summed E-state index contributed by atoms with van der Waals surface area (Å²) in [7, 11) is 1.72. The minimum absolute atomic E-state index is 0.0262. The van der Waals surface area contributed by atoms with E-state index >= 15 is 0 Å². The molecule has 1 amide bonds. The second kappa shape index (κ2) is 8.60. The lowest BCUT2D eigenvalue weighted by Crippen LogP contribution is -2.48. The largest absolute Gasteiger partial charge is 0.454 e. The maximum absolute atomic E-state index is 12.0. The Balaban J connectivity index is 1.78. The van der Waals surface area contributed by atoms with Gasteiger partial charge >= 0.3 is 0 Å². The standard InChI is InChI=1S/C18H28N4O3/c1-5-20-16(23)18(2,3)11-22-17(19-4)21-9-8-13-6-7-14-15(10-13)25-12-24-14/h6-7,10H,5,8-9,11-12H2,1-4H3,(H,20,23)(H2,19,21,22). The molecule has 0 aliphatic carbocycles. The van der Waals surface area contributed by atoms with Gasteiger partial charge in [0.2, 0.25) is 12.7 Å². The molecule has 138 valence electrons. The number of hydrogen-bond donors (Lipinski definition) is 3. The van der Waals surface area contributed by atoms with E-state index in [0.29, 0.717) is 19.0 Å². The summed E-state index contributed by atoms with van der Waals surface area (Å²) in [6.07, 6.45) is 0.830. The Morgan fingerprint density at radius 2 is 1.96 bits per heavy atom. The van der Waals surface area contributed by atoms with Gasteiger partial charge in [0.25, 0.3) is 0 Å². The molecule has 0 radical (unpaired) electrons. The number of benzene rings is 1. The van der Waals surface area contributed by atoms with Crippen LogP contribution in [0.25, 0.3) is 0 Å². The zero-order valence-electron chi connectivity index (χ0n) is 15.4. The van der Waals surface area contributed by atoms with Gasteiger partial charge in [-0.3, -0.25) is 9.79 Å². The van der Waals surface area contributed by atoms with Crippen molar-refractivity contribution in [2.24, 2.45) is 10.4 Å². The summed E-state index contributed by atoms with van der Waals surface area (Å²) in [6, 6.07) is 5.96. The Kier molecular flexibility index (Phi) is 6.50. The first-order valence-electron chi connectivity index (χ1n) is 8.57. The third-order valence-corrected chi connectivity index (χ3v) is 4.02. The molecule has 0 bridgehead atoms. The van der Waals surface area contributed by atoms with Crippen LogP contribution in [0.1, 0.15) is 26.3 Å². The van der Waals surface area contributed by atoms with Crippen molar-refractivity contribution < 1.29 is 14.3 Å². The van der Waals surface area contributed by atoms with Crippen LogP contribution in [0.15, 0.2) is 23.2 Å².